The van der Waals surface area contributed by atoms with Crippen LogP contribution >= 0.6 is 11.8 Å². The first-order valence-electron chi connectivity index (χ1n) is 5.75. The largest absolute Gasteiger partial charge is 0.465 e. The molecule has 2 N–H and O–H groups in total. The lowest BCUT2D eigenvalue weighted by Crippen LogP contribution is -2.06. The second-order valence-corrected chi connectivity index (χ2v) is 5.53. The van der Waals surface area contributed by atoms with Gasteiger partial charge in [-0.25, -0.2) is 9.18 Å². The molecule has 0 unspecified atom stereocenters. The van der Waals surface area contributed by atoms with Crippen molar-refractivity contribution >= 4 is 23.4 Å². The minimum atomic E-state index is -0.543. The van der Waals surface area contributed by atoms with Crippen molar-refractivity contribution in [3.63, 3.8) is 0 Å². The van der Waals surface area contributed by atoms with Gasteiger partial charge in [0.2, 0.25) is 0 Å². The molecule has 0 aromatic heterocycles. The third kappa shape index (κ3) is 3.91. The average Bonchev–Trinajstić information content (AvgIpc) is 2.30. The summed E-state index contributed by atoms with van der Waals surface area (Å²) in [7, 11) is 1.27. The highest BCUT2D eigenvalue weighted by molar-refractivity contribution is 7.99. The number of thioether (sulfide) groups is 1. The Morgan fingerprint density at radius 3 is 2.72 bits per heavy atom. The number of carbonyl (C=O) groups excluding carboxylic acids is 1. The Bertz CT molecular complexity index is 435. The molecule has 1 aromatic carbocycles. The third-order valence-corrected chi connectivity index (χ3v) is 3.53. The number of ether oxygens (including phenoxy) is 1. The zero-order valence-corrected chi connectivity index (χ0v) is 11.6. The summed E-state index contributed by atoms with van der Waals surface area (Å²) in [6.07, 6.45) is 0.988. The molecule has 0 atom stereocenters. The zero-order chi connectivity index (χ0) is 13.7. The highest BCUT2D eigenvalue weighted by Gasteiger charge is 2.14. The van der Waals surface area contributed by atoms with E-state index in [0.29, 0.717) is 10.8 Å². The maximum absolute atomic E-state index is 13.7. The van der Waals surface area contributed by atoms with E-state index < -0.39 is 11.8 Å². The number of hydrogen-bond acceptors (Lipinski definition) is 4. The average molecular weight is 271 g/mol. The fraction of sp³-hybridized carbons (Fsp3) is 0.462. The zero-order valence-electron chi connectivity index (χ0n) is 10.8. The predicted molar refractivity (Wildman–Crippen MR) is 72.3 cm³/mol. The fourth-order valence-corrected chi connectivity index (χ4v) is 2.58. The molecule has 0 bridgehead atoms. The van der Waals surface area contributed by atoms with Crippen molar-refractivity contribution in [3.05, 3.63) is 23.5 Å². The van der Waals surface area contributed by atoms with Crippen LogP contribution in [0.25, 0.3) is 0 Å². The first-order chi connectivity index (χ1) is 8.45. The first kappa shape index (κ1) is 14.8. The van der Waals surface area contributed by atoms with Gasteiger partial charge in [-0.15, -0.1) is 11.8 Å². The number of halogens is 1. The Hall–Kier alpha value is -1.23. The first-order valence-corrected chi connectivity index (χ1v) is 6.74. The minimum Gasteiger partial charge on any atom is -0.465 e. The van der Waals surface area contributed by atoms with E-state index in [9.17, 15) is 9.18 Å². The van der Waals surface area contributed by atoms with Gasteiger partial charge < -0.3 is 10.5 Å². The van der Waals surface area contributed by atoms with Crippen LogP contribution in [-0.2, 0) is 4.74 Å². The van der Waals surface area contributed by atoms with Crippen LogP contribution in [0, 0.1) is 11.7 Å². The highest BCUT2D eigenvalue weighted by Crippen LogP contribution is 2.28. The lowest BCUT2D eigenvalue weighted by molar-refractivity contribution is 0.0601. The van der Waals surface area contributed by atoms with E-state index in [1.54, 1.807) is 0 Å². The van der Waals surface area contributed by atoms with Gasteiger partial charge >= 0.3 is 5.97 Å². The third-order valence-electron chi connectivity index (χ3n) is 2.46. The van der Waals surface area contributed by atoms with Crippen LogP contribution in [0.4, 0.5) is 10.1 Å². The molecule has 0 aliphatic carbocycles. The van der Waals surface area contributed by atoms with Gasteiger partial charge in [-0.1, -0.05) is 13.8 Å². The van der Waals surface area contributed by atoms with E-state index in [-0.39, 0.29) is 11.3 Å². The smallest absolute Gasteiger partial charge is 0.339 e. The Kier molecular flexibility index (Phi) is 5.47. The summed E-state index contributed by atoms with van der Waals surface area (Å²) < 4.78 is 18.3. The summed E-state index contributed by atoms with van der Waals surface area (Å²) >= 11 is 1.39. The lowest BCUT2D eigenvalue weighted by atomic mass is 10.2. The summed E-state index contributed by atoms with van der Waals surface area (Å²) in [6.45, 7) is 4.22. The second-order valence-electron chi connectivity index (χ2n) is 4.39. The molecule has 0 aliphatic heterocycles. The van der Waals surface area contributed by atoms with Crippen LogP contribution in [0.5, 0.6) is 0 Å². The van der Waals surface area contributed by atoms with Crippen molar-refractivity contribution in [1.29, 1.82) is 0 Å². The Morgan fingerprint density at radius 1 is 1.50 bits per heavy atom. The number of nitrogen functional groups attached to an aromatic ring is 1. The topological polar surface area (TPSA) is 52.3 Å². The molecule has 1 rings (SSSR count). The fourth-order valence-electron chi connectivity index (χ4n) is 1.37. The Labute approximate surface area is 111 Å². The van der Waals surface area contributed by atoms with Gasteiger partial charge in [0.25, 0.3) is 0 Å². The van der Waals surface area contributed by atoms with Crippen molar-refractivity contribution in [2.75, 3.05) is 18.6 Å². The molecule has 0 saturated heterocycles. The van der Waals surface area contributed by atoms with Crippen molar-refractivity contribution < 1.29 is 13.9 Å². The van der Waals surface area contributed by atoms with E-state index in [0.717, 1.165) is 12.2 Å². The van der Waals surface area contributed by atoms with Gasteiger partial charge in [0.05, 0.1) is 12.7 Å². The number of hydrogen-bond donors (Lipinski definition) is 1. The van der Waals surface area contributed by atoms with Crippen LogP contribution in [0.3, 0.4) is 0 Å². The molecule has 0 saturated carbocycles. The molecule has 18 heavy (non-hydrogen) atoms. The van der Waals surface area contributed by atoms with Crippen molar-refractivity contribution in [1.82, 2.24) is 0 Å². The number of rotatable bonds is 5. The molecule has 0 aliphatic rings. The van der Waals surface area contributed by atoms with Crippen LogP contribution in [0.15, 0.2) is 17.0 Å². The van der Waals surface area contributed by atoms with Crippen LogP contribution in [0.2, 0.25) is 0 Å². The predicted octanol–water partition coefficient (Wildman–Crippen LogP) is 3.33. The van der Waals surface area contributed by atoms with Crippen molar-refractivity contribution in [3.8, 4) is 0 Å². The molecular formula is C13H18FNO2S. The molecule has 0 spiro atoms. The summed E-state index contributed by atoms with van der Waals surface area (Å²) in [5, 5.41) is 0. The quantitative estimate of drug-likeness (QED) is 0.507. The number of esters is 1. The van der Waals surface area contributed by atoms with Gasteiger partial charge in [0, 0.05) is 10.6 Å². The monoisotopic (exact) mass is 271 g/mol. The van der Waals surface area contributed by atoms with Gasteiger partial charge in [-0.3, -0.25) is 0 Å². The molecule has 5 heteroatoms. The number of methoxy groups -OCH3 is 1. The minimum absolute atomic E-state index is 0.104. The maximum atomic E-state index is 13.7. The normalized spacial score (nSPS) is 10.7. The van der Waals surface area contributed by atoms with Gasteiger partial charge in [0.15, 0.2) is 0 Å². The molecule has 0 radical (unpaired) electrons. The molecule has 0 fully saturated rings. The van der Waals surface area contributed by atoms with Gasteiger partial charge in [-0.05, 0) is 30.2 Å². The number of carbonyl (C=O) groups is 1. The SMILES string of the molecule is COC(=O)c1cc(SCCC(C)C)c(F)cc1N. The van der Waals surface area contributed by atoms with Gasteiger partial charge in [-0.2, -0.15) is 0 Å². The standard InChI is InChI=1S/C13H18FNO2S/c1-8(2)4-5-18-12-6-9(13(16)17-3)11(15)7-10(12)14/h6-8H,4-5,15H2,1-3H3. The highest BCUT2D eigenvalue weighted by atomic mass is 32.2. The molecular weight excluding hydrogens is 253 g/mol. The van der Waals surface area contributed by atoms with Gasteiger partial charge in [0.1, 0.15) is 5.82 Å². The Morgan fingerprint density at radius 2 is 2.17 bits per heavy atom. The Balaban J connectivity index is 2.88. The molecule has 1 aromatic rings. The molecule has 100 valence electrons. The second kappa shape index (κ2) is 6.64. The van der Waals surface area contributed by atoms with Crippen LogP contribution in [0.1, 0.15) is 30.6 Å². The lowest BCUT2D eigenvalue weighted by Gasteiger charge is -2.09. The summed E-state index contributed by atoms with van der Waals surface area (Å²) in [5.74, 6) is 0.431. The van der Waals surface area contributed by atoms with Crippen LogP contribution < -0.4 is 5.73 Å². The number of benzene rings is 1. The molecule has 0 amide bonds. The number of anilines is 1. The van der Waals surface area contributed by atoms with E-state index in [2.05, 4.69) is 18.6 Å². The van der Waals surface area contributed by atoms with Crippen LogP contribution in [-0.4, -0.2) is 18.8 Å². The maximum Gasteiger partial charge on any atom is 0.339 e. The summed E-state index contributed by atoms with van der Waals surface area (Å²) in [6, 6.07) is 2.63. The summed E-state index contributed by atoms with van der Waals surface area (Å²) in [4.78, 5) is 11.9. The van der Waals surface area contributed by atoms with E-state index in [4.69, 9.17) is 5.73 Å². The van der Waals surface area contributed by atoms with E-state index in [1.165, 1.54) is 31.0 Å². The van der Waals surface area contributed by atoms with Crippen molar-refractivity contribution in [2.24, 2.45) is 5.92 Å². The van der Waals surface area contributed by atoms with Crippen molar-refractivity contribution in [2.45, 2.75) is 25.2 Å². The number of nitrogens with two attached hydrogens (primary N) is 1. The van der Waals surface area contributed by atoms with E-state index in [1.807, 2.05) is 0 Å². The molecule has 0 heterocycles. The van der Waals surface area contributed by atoms with E-state index >= 15 is 0 Å². The molecule has 3 nitrogen and oxygen atoms in total. The summed E-state index contributed by atoms with van der Waals surface area (Å²) in [5.41, 5.74) is 5.91.